The summed E-state index contributed by atoms with van der Waals surface area (Å²) < 4.78 is 17.3. The van der Waals surface area contributed by atoms with E-state index in [0.29, 0.717) is 11.1 Å². The molecule has 0 aromatic heterocycles. The molecule has 0 spiro atoms. The number of allylic oxidation sites excluding steroid dienone is 1. The second-order valence-electron chi connectivity index (χ2n) is 11.6. The Hall–Kier alpha value is -3.26. The third kappa shape index (κ3) is 6.85. The van der Waals surface area contributed by atoms with Gasteiger partial charge in [-0.25, -0.2) is 4.79 Å². The van der Waals surface area contributed by atoms with Crippen LogP contribution in [0.3, 0.4) is 0 Å². The van der Waals surface area contributed by atoms with Gasteiger partial charge in [0.2, 0.25) is 0 Å². The Bertz CT molecular complexity index is 1150. The van der Waals surface area contributed by atoms with E-state index in [2.05, 4.69) is 0 Å². The summed E-state index contributed by atoms with van der Waals surface area (Å²) in [6.45, 7) is 11.6. The molecule has 0 amide bonds. The van der Waals surface area contributed by atoms with Crippen molar-refractivity contribution in [3.05, 3.63) is 59.7 Å². The van der Waals surface area contributed by atoms with Crippen LogP contribution in [0, 0.1) is 23.2 Å². The minimum Gasteiger partial charge on any atom is -0.461 e. The third-order valence-electron chi connectivity index (χ3n) is 7.86. The summed E-state index contributed by atoms with van der Waals surface area (Å²) in [5.74, 6) is -3.49. The number of aliphatic hydroxyl groups is 1. The average Bonchev–Trinajstić information content (AvgIpc) is 3.09. The molecule has 0 radical (unpaired) electrons. The predicted octanol–water partition coefficient (Wildman–Crippen LogP) is 4.60. The van der Waals surface area contributed by atoms with Gasteiger partial charge in [-0.1, -0.05) is 64.1 Å². The summed E-state index contributed by atoms with van der Waals surface area (Å²) in [6.07, 6.45) is 2.86. The Morgan fingerprint density at radius 1 is 0.974 bits per heavy atom. The molecule has 8 nitrogen and oxygen atoms in total. The maximum absolute atomic E-state index is 13.4. The highest BCUT2D eigenvalue weighted by molar-refractivity contribution is 5.95. The van der Waals surface area contributed by atoms with Gasteiger partial charge in [0.1, 0.15) is 23.9 Å². The molecule has 3 rings (SSSR count). The molecular formula is C31H40O8. The van der Waals surface area contributed by atoms with E-state index in [0.717, 1.165) is 0 Å². The number of rotatable bonds is 4. The largest absolute Gasteiger partial charge is 0.461 e. The van der Waals surface area contributed by atoms with Crippen LogP contribution in [0.5, 0.6) is 0 Å². The maximum atomic E-state index is 13.4. The Morgan fingerprint density at radius 2 is 1.59 bits per heavy atom. The van der Waals surface area contributed by atoms with Crippen molar-refractivity contribution in [2.24, 2.45) is 23.2 Å². The molecular weight excluding hydrogens is 500 g/mol. The topological polar surface area (TPSA) is 116 Å². The van der Waals surface area contributed by atoms with Gasteiger partial charge in [0.15, 0.2) is 5.78 Å². The van der Waals surface area contributed by atoms with Crippen LogP contribution in [0.1, 0.15) is 71.7 Å². The lowest BCUT2D eigenvalue weighted by molar-refractivity contribution is -0.173. The maximum Gasteiger partial charge on any atom is 0.338 e. The number of ether oxygens (including phenoxy) is 3. The molecule has 0 unspecified atom stereocenters. The number of fused-ring (bicyclic) bond motifs is 1. The van der Waals surface area contributed by atoms with Crippen LogP contribution >= 0.6 is 0 Å². The molecule has 2 aliphatic rings. The van der Waals surface area contributed by atoms with E-state index in [1.54, 1.807) is 43.3 Å². The van der Waals surface area contributed by atoms with Crippen LogP contribution in [0.15, 0.2) is 54.1 Å². The summed E-state index contributed by atoms with van der Waals surface area (Å²) in [5, 5.41) is 12.3. The van der Waals surface area contributed by atoms with Gasteiger partial charge in [0.25, 0.3) is 0 Å². The molecule has 1 N–H and O–H groups in total. The summed E-state index contributed by atoms with van der Waals surface area (Å²) in [5.41, 5.74) is -1.66. The van der Waals surface area contributed by atoms with Crippen molar-refractivity contribution in [2.45, 2.75) is 85.2 Å². The van der Waals surface area contributed by atoms with Gasteiger partial charge in [-0.3, -0.25) is 14.4 Å². The molecule has 2 aliphatic carbocycles. The second-order valence-corrected chi connectivity index (χ2v) is 11.6. The molecule has 8 heteroatoms. The zero-order valence-electron chi connectivity index (χ0n) is 23.8. The molecule has 0 bridgehead atoms. The second kappa shape index (κ2) is 11.9. The van der Waals surface area contributed by atoms with Crippen LogP contribution in [0.4, 0.5) is 0 Å². The van der Waals surface area contributed by atoms with Crippen molar-refractivity contribution >= 4 is 23.7 Å². The van der Waals surface area contributed by atoms with E-state index < -0.39 is 59.1 Å². The van der Waals surface area contributed by atoms with Crippen LogP contribution in [-0.4, -0.2) is 52.7 Å². The van der Waals surface area contributed by atoms with Crippen LogP contribution in [0.25, 0.3) is 0 Å². The van der Waals surface area contributed by atoms with E-state index in [1.807, 2.05) is 39.8 Å². The lowest BCUT2D eigenvalue weighted by Gasteiger charge is -2.40. The highest BCUT2D eigenvalue weighted by atomic mass is 16.6. The first-order chi connectivity index (χ1) is 18.2. The number of Topliss-reactive ketones (excluding diaryl/α,β-unsaturated/α-hetero) is 1. The first-order valence-corrected chi connectivity index (χ1v) is 13.4. The Balaban J connectivity index is 2.13. The van der Waals surface area contributed by atoms with Crippen molar-refractivity contribution < 1.29 is 38.5 Å². The number of benzene rings is 1. The van der Waals surface area contributed by atoms with E-state index in [-0.39, 0.29) is 24.5 Å². The van der Waals surface area contributed by atoms with Crippen LogP contribution < -0.4 is 0 Å². The monoisotopic (exact) mass is 540 g/mol. The summed E-state index contributed by atoms with van der Waals surface area (Å²) in [4.78, 5) is 50.6. The van der Waals surface area contributed by atoms with Crippen molar-refractivity contribution in [3.8, 4) is 0 Å². The van der Waals surface area contributed by atoms with Crippen LogP contribution in [-0.2, 0) is 28.6 Å². The minimum atomic E-state index is -1.63. The molecule has 1 aromatic carbocycles. The van der Waals surface area contributed by atoms with Crippen molar-refractivity contribution in [1.29, 1.82) is 0 Å². The lowest BCUT2D eigenvalue weighted by Crippen LogP contribution is -2.52. The average molecular weight is 541 g/mol. The van der Waals surface area contributed by atoms with E-state index >= 15 is 0 Å². The summed E-state index contributed by atoms with van der Waals surface area (Å²) in [7, 11) is 0. The SMILES string of the molecule is CC(=O)O[C@H]1CC(=O)/C(C)=C/[C@@H]2[C@H](OC(=O)c3ccccc3)[C@H](C)C[C@]2(O)[C@@H](OC(C)=O)[C@@H](C)/C=C\C1(C)C. The molecule has 212 valence electrons. The number of hydrogen-bond acceptors (Lipinski definition) is 8. The summed E-state index contributed by atoms with van der Waals surface area (Å²) in [6, 6.07) is 8.54. The standard InChI is InChI=1S/C31H40O8/c1-18-13-14-30(6,7)26(37-21(4)32)16-25(34)19(2)15-24-27(39-29(35)23-11-9-8-10-12-23)20(3)17-31(24,36)28(18)38-22(5)33/h8-15,18,20,24,26-28,36H,16-17H2,1-7H3/b14-13-,19-15+/t18-,20+,24+,26-,27+,28-,31+/m0/s1. The van der Waals surface area contributed by atoms with Gasteiger partial charge in [-0.05, 0) is 37.0 Å². The van der Waals surface area contributed by atoms with Gasteiger partial charge in [0.05, 0.1) is 5.56 Å². The smallest absolute Gasteiger partial charge is 0.338 e. The minimum absolute atomic E-state index is 0.0593. The lowest BCUT2D eigenvalue weighted by atomic mass is 9.75. The van der Waals surface area contributed by atoms with Gasteiger partial charge >= 0.3 is 17.9 Å². The van der Waals surface area contributed by atoms with E-state index in [1.165, 1.54) is 13.8 Å². The number of ketones is 1. The fraction of sp³-hybridized carbons (Fsp3) is 0.548. The fourth-order valence-corrected chi connectivity index (χ4v) is 5.71. The molecule has 0 saturated heterocycles. The van der Waals surface area contributed by atoms with Gasteiger partial charge in [0, 0.05) is 37.5 Å². The normalized spacial score (nSPS) is 34.8. The zero-order valence-corrected chi connectivity index (χ0v) is 23.8. The molecule has 0 aliphatic heterocycles. The van der Waals surface area contributed by atoms with Gasteiger partial charge < -0.3 is 19.3 Å². The predicted molar refractivity (Wildman–Crippen MR) is 144 cm³/mol. The van der Waals surface area contributed by atoms with Crippen molar-refractivity contribution in [2.75, 3.05) is 0 Å². The molecule has 1 saturated carbocycles. The first kappa shape index (κ1) is 30.3. The van der Waals surface area contributed by atoms with E-state index in [9.17, 15) is 24.3 Å². The molecule has 0 heterocycles. The number of carbonyl (C=O) groups excluding carboxylic acids is 4. The quantitative estimate of drug-likeness (QED) is 0.335. The molecule has 1 fully saturated rings. The zero-order chi connectivity index (χ0) is 29.1. The highest BCUT2D eigenvalue weighted by Gasteiger charge is 2.58. The van der Waals surface area contributed by atoms with Crippen molar-refractivity contribution in [3.63, 3.8) is 0 Å². The summed E-state index contributed by atoms with van der Waals surface area (Å²) >= 11 is 0. The van der Waals surface area contributed by atoms with Crippen LogP contribution in [0.2, 0.25) is 0 Å². The Kier molecular flexibility index (Phi) is 9.21. The highest BCUT2D eigenvalue weighted by Crippen LogP contribution is 2.48. The fourth-order valence-electron chi connectivity index (χ4n) is 5.71. The number of esters is 3. The number of carbonyl (C=O) groups is 4. The van der Waals surface area contributed by atoms with Crippen molar-refractivity contribution in [1.82, 2.24) is 0 Å². The van der Waals surface area contributed by atoms with Gasteiger partial charge in [-0.2, -0.15) is 0 Å². The molecule has 1 aromatic rings. The first-order valence-electron chi connectivity index (χ1n) is 13.4. The molecule has 7 atom stereocenters. The van der Waals surface area contributed by atoms with Gasteiger partial charge in [-0.15, -0.1) is 0 Å². The molecule has 39 heavy (non-hydrogen) atoms. The number of hydrogen-bond donors (Lipinski definition) is 1. The Labute approximate surface area is 230 Å². The third-order valence-corrected chi connectivity index (χ3v) is 7.86. The Morgan fingerprint density at radius 3 is 2.18 bits per heavy atom. The van der Waals surface area contributed by atoms with E-state index in [4.69, 9.17) is 14.2 Å².